The third-order valence-corrected chi connectivity index (χ3v) is 5.22. The molecule has 0 saturated carbocycles. The van der Waals surface area contributed by atoms with Crippen LogP contribution >= 0.6 is 0 Å². The van der Waals surface area contributed by atoms with E-state index in [-0.39, 0.29) is 0 Å². The molecule has 2 aromatic heterocycles. The number of methoxy groups -OCH3 is 1. The minimum atomic E-state index is 0.583. The lowest BCUT2D eigenvalue weighted by molar-refractivity contribution is 0.135. The van der Waals surface area contributed by atoms with Gasteiger partial charge in [-0.15, -0.1) is 0 Å². The van der Waals surface area contributed by atoms with Crippen molar-refractivity contribution in [2.45, 2.75) is 13.3 Å². The molecule has 0 atom stereocenters. The van der Waals surface area contributed by atoms with Gasteiger partial charge in [0, 0.05) is 23.7 Å². The van der Waals surface area contributed by atoms with Crippen LogP contribution in [0.1, 0.15) is 18.9 Å². The Hall–Kier alpha value is -3.58. The van der Waals surface area contributed by atoms with E-state index in [9.17, 15) is 0 Å². The summed E-state index contributed by atoms with van der Waals surface area (Å²) < 4.78 is 10.9. The largest absolute Gasteiger partial charge is 0.497 e. The number of rotatable bonds is 9. The molecular weight excluding hydrogens is 404 g/mol. The van der Waals surface area contributed by atoms with Crippen molar-refractivity contribution in [2.75, 3.05) is 39.7 Å². The Bertz CT molecular complexity index is 1230. The zero-order valence-electron chi connectivity index (χ0n) is 18.9. The molecule has 0 amide bonds. The number of ether oxygens (including phenoxy) is 1. The normalized spacial score (nSPS) is 12.0. The molecule has 0 radical (unpaired) electrons. The van der Waals surface area contributed by atoms with Crippen molar-refractivity contribution in [1.29, 1.82) is 0 Å². The number of oxime groups is 1. The Labute approximate surface area is 187 Å². The minimum Gasteiger partial charge on any atom is -0.497 e. The van der Waals surface area contributed by atoms with Crippen LogP contribution in [0, 0.1) is 0 Å². The van der Waals surface area contributed by atoms with Crippen molar-refractivity contribution >= 4 is 39.1 Å². The van der Waals surface area contributed by atoms with Gasteiger partial charge < -0.3 is 24.2 Å². The molecule has 0 saturated heterocycles. The second-order valence-electron chi connectivity index (χ2n) is 7.88. The number of pyridine rings is 1. The molecule has 0 aliphatic heterocycles. The van der Waals surface area contributed by atoms with Crippen LogP contribution in [0.25, 0.3) is 22.0 Å². The number of aromatic nitrogens is 1. The first kappa shape index (κ1) is 21.6. The molecule has 7 heteroatoms. The first-order valence-corrected chi connectivity index (χ1v) is 10.6. The van der Waals surface area contributed by atoms with Crippen LogP contribution < -0.4 is 10.1 Å². The number of hydrogen-bond donors (Lipinski definition) is 1. The fourth-order valence-corrected chi connectivity index (χ4v) is 3.49. The Morgan fingerprint density at radius 3 is 2.66 bits per heavy atom. The highest BCUT2D eigenvalue weighted by Crippen LogP contribution is 2.35. The van der Waals surface area contributed by atoms with Crippen LogP contribution in [-0.2, 0) is 4.84 Å². The molecule has 0 fully saturated rings. The number of nitrogens with one attached hydrogen (secondary N) is 1. The minimum absolute atomic E-state index is 0.583. The Morgan fingerprint density at radius 1 is 1.09 bits per heavy atom. The van der Waals surface area contributed by atoms with Crippen molar-refractivity contribution in [2.24, 2.45) is 5.16 Å². The van der Waals surface area contributed by atoms with E-state index in [4.69, 9.17) is 14.0 Å². The summed E-state index contributed by atoms with van der Waals surface area (Å²) >= 11 is 0. The molecule has 1 N–H and O–H groups in total. The van der Waals surface area contributed by atoms with Crippen LogP contribution in [0.5, 0.6) is 5.75 Å². The van der Waals surface area contributed by atoms with Crippen LogP contribution in [0.15, 0.2) is 64.4 Å². The summed E-state index contributed by atoms with van der Waals surface area (Å²) in [5, 5.41) is 9.69. The number of fused-ring (bicyclic) bond motifs is 2. The second-order valence-corrected chi connectivity index (χ2v) is 7.88. The molecule has 0 aliphatic carbocycles. The van der Waals surface area contributed by atoms with Gasteiger partial charge in [-0.3, -0.25) is 0 Å². The predicted octanol–water partition coefficient (Wildman–Crippen LogP) is 5.43. The first-order chi connectivity index (χ1) is 15.5. The number of hydrogen-bond acceptors (Lipinski definition) is 7. The lowest BCUT2D eigenvalue weighted by Gasteiger charge is -2.12. The van der Waals surface area contributed by atoms with Gasteiger partial charge in [0.15, 0.2) is 0 Å². The molecule has 0 unspecified atom stereocenters. The summed E-state index contributed by atoms with van der Waals surface area (Å²) in [7, 11) is 5.74. The zero-order valence-corrected chi connectivity index (χ0v) is 18.9. The maximum atomic E-state index is 5.57. The van der Waals surface area contributed by atoms with E-state index in [2.05, 4.69) is 20.4 Å². The van der Waals surface area contributed by atoms with Gasteiger partial charge in [0.1, 0.15) is 12.4 Å². The monoisotopic (exact) mass is 432 g/mol. The van der Waals surface area contributed by atoms with Gasteiger partial charge in [-0.1, -0.05) is 17.3 Å². The summed E-state index contributed by atoms with van der Waals surface area (Å²) in [4.78, 5) is 12.2. The fraction of sp³-hybridized carbons (Fsp3) is 0.280. The molecule has 2 aromatic carbocycles. The number of anilines is 2. The molecule has 4 aromatic rings. The smallest absolute Gasteiger partial charge is 0.228 e. The third kappa shape index (κ3) is 4.84. The first-order valence-electron chi connectivity index (χ1n) is 10.6. The molecule has 0 bridgehead atoms. The number of benzene rings is 2. The van der Waals surface area contributed by atoms with Crippen molar-refractivity contribution in [3.8, 4) is 5.75 Å². The molecule has 2 heterocycles. The summed E-state index contributed by atoms with van der Waals surface area (Å²) in [5.74, 6) is 0.755. The maximum absolute atomic E-state index is 5.57. The van der Waals surface area contributed by atoms with E-state index in [0.717, 1.165) is 57.7 Å². The van der Waals surface area contributed by atoms with Gasteiger partial charge in [0.25, 0.3) is 0 Å². The van der Waals surface area contributed by atoms with E-state index < -0.39 is 0 Å². The van der Waals surface area contributed by atoms with Crippen molar-refractivity contribution in [1.82, 2.24) is 9.88 Å². The number of nitrogens with zero attached hydrogens (tertiary/aromatic N) is 3. The van der Waals surface area contributed by atoms with E-state index in [1.54, 1.807) is 13.4 Å². The van der Waals surface area contributed by atoms with Crippen LogP contribution in [0.4, 0.5) is 11.4 Å². The van der Waals surface area contributed by atoms with Gasteiger partial charge in [-0.05, 0) is 63.3 Å². The van der Waals surface area contributed by atoms with Crippen molar-refractivity contribution in [3.05, 3.63) is 60.4 Å². The van der Waals surface area contributed by atoms with Crippen LogP contribution in [-0.4, -0.2) is 50.0 Å². The predicted molar refractivity (Wildman–Crippen MR) is 129 cm³/mol. The molecule has 0 spiro atoms. The molecule has 0 aliphatic rings. The van der Waals surface area contributed by atoms with Crippen molar-refractivity contribution in [3.63, 3.8) is 0 Å². The van der Waals surface area contributed by atoms with Crippen molar-refractivity contribution < 1.29 is 14.0 Å². The standard InChI is InChI=1S/C25H28N4O3/c1-17(28-32-14-5-13-29(2)3)18-6-8-19(9-7-18)26-24-21-11-10-20(30-4)16-23(21)27-25-22(24)12-15-31-25/h6-12,15-16H,5,13-14H2,1-4H3,(H,26,27)/b28-17+. The quantitative estimate of drug-likeness (QED) is 0.216. The lowest BCUT2D eigenvalue weighted by atomic mass is 10.1. The molecule has 166 valence electrons. The topological polar surface area (TPSA) is 72.1 Å². The van der Waals surface area contributed by atoms with E-state index >= 15 is 0 Å². The summed E-state index contributed by atoms with van der Waals surface area (Å²) in [6, 6.07) is 15.9. The molecule has 4 rings (SSSR count). The van der Waals surface area contributed by atoms with Gasteiger partial charge in [0.2, 0.25) is 5.71 Å². The Morgan fingerprint density at radius 2 is 1.91 bits per heavy atom. The van der Waals surface area contributed by atoms with E-state index in [0.29, 0.717) is 12.3 Å². The van der Waals surface area contributed by atoms with Gasteiger partial charge in [0.05, 0.1) is 35.7 Å². The second kappa shape index (κ2) is 9.70. The van der Waals surface area contributed by atoms with Gasteiger partial charge in [-0.2, -0.15) is 0 Å². The highest BCUT2D eigenvalue weighted by Gasteiger charge is 2.13. The zero-order chi connectivity index (χ0) is 22.5. The average molecular weight is 433 g/mol. The fourth-order valence-electron chi connectivity index (χ4n) is 3.49. The highest BCUT2D eigenvalue weighted by atomic mass is 16.6. The lowest BCUT2D eigenvalue weighted by Crippen LogP contribution is -2.14. The number of furan rings is 1. The maximum Gasteiger partial charge on any atom is 0.228 e. The summed E-state index contributed by atoms with van der Waals surface area (Å²) in [5.41, 5.74) is 5.16. The average Bonchev–Trinajstić information content (AvgIpc) is 3.26. The molecule has 32 heavy (non-hydrogen) atoms. The molecular formula is C25H28N4O3. The summed E-state index contributed by atoms with van der Waals surface area (Å²) in [6.07, 6.45) is 2.60. The van der Waals surface area contributed by atoms with E-state index in [1.807, 2.05) is 69.6 Å². The Balaban J connectivity index is 1.53. The Kier molecular flexibility index (Phi) is 6.56. The third-order valence-electron chi connectivity index (χ3n) is 5.22. The summed E-state index contributed by atoms with van der Waals surface area (Å²) in [6.45, 7) is 3.54. The van der Waals surface area contributed by atoms with E-state index in [1.165, 1.54) is 0 Å². The van der Waals surface area contributed by atoms with Crippen LogP contribution in [0.3, 0.4) is 0 Å². The van der Waals surface area contributed by atoms with Gasteiger partial charge >= 0.3 is 0 Å². The van der Waals surface area contributed by atoms with Gasteiger partial charge in [-0.25, -0.2) is 4.98 Å². The SMILES string of the molecule is COc1ccc2c(Nc3ccc(/C(C)=N/OCCCN(C)C)cc3)c3ccoc3nc2c1. The highest BCUT2D eigenvalue weighted by molar-refractivity contribution is 6.07. The molecule has 7 nitrogen and oxygen atoms in total. The van der Waals surface area contributed by atoms with Crippen LogP contribution in [0.2, 0.25) is 0 Å².